The predicted molar refractivity (Wildman–Crippen MR) is 71.7 cm³/mol. The van der Waals surface area contributed by atoms with Crippen molar-refractivity contribution in [2.75, 3.05) is 13.7 Å². The summed E-state index contributed by atoms with van der Waals surface area (Å²) in [6.07, 6.45) is 3.58. The maximum atomic E-state index is 5.74. The summed E-state index contributed by atoms with van der Waals surface area (Å²) in [5.74, 6) is 1.59. The minimum atomic E-state index is 0.311. The van der Waals surface area contributed by atoms with E-state index < -0.39 is 0 Å². The smallest absolute Gasteiger partial charge is 0.122 e. The fourth-order valence-corrected chi connectivity index (χ4v) is 2.58. The van der Waals surface area contributed by atoms with E-state index in [0.29, 0.717) is 11.3 Å². The lowest BCUT2D eigenvalue weighted by atomic mass is 9.88. The van der Waals surface area contributed by atoms with Gasteiger partial charge in [-0.3, -0.25) is 0 Å². The van der Waals surface area contributed by atoms with Gasteiger partial charge in [-0.1, -0.05) is 26.0 Å². The van der Waals surface area contributed by atoms with E-state index in [1.807, 2.05) is 0 Å². The summed E-state index contributed by atoms with van der Waals surface area (Å²) >= 11 is 0. The fraction of sp³-hybridized carbons (Fsp3) is 0.600. The lowest BCUT2D eigenvalue weighted by molar-refractivity contribution is 0.402. The molecule has 1 aliphatic rings. The standard InChI is InChI=1S/C15H23NO/c1-11(2)12-4-5-14(17-3)13(10-12)15(6-7-15)8-9-16/h4-5,10-11H,6-9,16H2,1-3H3. The molecule has 17 heavy (non-hydrogen) atoms. The maximum absolute atomic E-state index is 5.74. The normalized spacial score (nSPS) is 17.2. The molecule has 0 atom stereocenters. The van der Waals surface area contributed by atoms with E-state index in [0.717, 1.165) is 18.7 Å². The summed E-state index contributed by atoms with van der Waals surface area (Å²) in [7, 11) is 1.76. The molecule has 0 unspecified atom stereocenters. The van der Waals surface area contributed by atoms with Gasteiger partial charge in [-0.05, 0) is 43.4 Å². The fourth-order valence-electron chi connectivity index (χ4n) is 2.58. The Balaban J connectivity index is 2.39. The summed E-state index contributed by atoms with van der Waals surface area (Å²) in [4.78, 5) is 0. The molecule has 1 fully saturated rings. The summed E-state index contributed by atoms with van der Waals surface area (Å²) < 4.78 is 5.51. The van der Waals surface area contributed by atoms with E-state index in [4.69, 9.17) is 10.5 Å². The summed E-state index contributed by atoms with van der Waals surface area (Å²) in [6.45, 7) is 5.22. The Morgan fingerprint density at radius 1 is 1.35 bits per heavy atom. The van der Waals surface area contributed by atoms with Gasteiger partial charge in [0.05, 0.1) is 7.11 Å². The average Bonchev–Trinajstić information content (AvgIpc) is 3.09. The van der Waals surface area contributed by atoms with Crippen LogP contribution in [0.4, 0.5) is 0 Å². The highest BCUT2D eigenvalue weighted by molar-refractivity contribution is 5.46. The molecule has 1 aromatic rings. The molecule has 0 heterocycles. The summed E-state index contributed by atoms with van der Waals surface area (Å²) in [5, 5.41) is 0. The Morgan fingerprint density at radius 3 is 2.53 bits per heavy atom. The molecule has 1 aliphatic carbocycles. The quantitative estimate of drug-likeness (QED) is 0.847. The number of methoxy groups -OCH3 is 1. The van der Waals surface area contributed by atoms with Crippen LogP contribution in [0.25, 0.3) is 0 Å². The molecular formula is C15H23NO. The van der Waals surface area contributed by atoms with E-state index in [9.17, 15) is 0 Å². The lowest BCUT2D eigenvalue weighted by Crippen LogP contribution is -2.15. The summed E-state index contributed by atoms with van der Waals surface area (Å²) in [5.41, 5.74) is 8.82. The van der Waals surface area contributed by atoms with Gasteiger partial charge >= 0.3 is 0 Å². The molecule has 0 saturated heterocycles. The summed E-state index contributed by atoms with van der Waals surface area (Å²) in [6, 6.07) is 6.61. The SMILES string of the molecule is COc1ccc(C(C)C)cc1C1(CCN)CC1. The van der Waals surface area contributed by atoms with Crippen LogP contribution in [-0.4, -0.2) is 13.7 Å². The van der Waals surface area contributed by atoms with Crippen molar-refractivity contribution in [1.29, 1.82) is 0 Å². The van der Waals surface area contributed by atoms with Crippen molar-refractivity contribution < 1.29 is 4.74 Å². The number of hydrogen-bond acceptors (Lipinski definition) is 2. The second-order valence-electron chi connectivity index (χ2n) is 5.43. The Kier molecular flexibility index (Phi) is 3.43. The van der Waals surface area contributed by atoms with E-state index in [1.54, 1.807) is 7.11 Å². The van der Waals surface area contributed by atoms with Gasteiger partial charge < -0.3 is 10.5 Å². The second kappa shape index (κ2) is 4.69. The molecule has 2 nitrogen and oxygen atoms in total. The van der Waals surface area contributed by atoms with Crippen molar-refractivity contribution in [2.24, 2.45) is 5.73 Å². The molecule has 2 rings (SSSR count). The molecule has 0 bridgehead atoms. The van der Waals surface area contributed by atoms with Gasteiger partial charge in [0.25, 0.3) is 0 Å². The van der Waals surface area contributed by atoms with Gasteiger partial charge in [-0.25, -0.2) is 0 Å². The van der Waals surface area contributed by atoms with Crippen molar-refractivity contribution in [3.8, 4) is 5.75 Å². The number of ether oxygens (including phenoxy) is 1. The largest absolute Gasteiger partial charge is 0.496 e. The third kappa shape index (κ3) is 2.32. The molecule has 1 saturated carbocycles. The van der Waals surface area contributed by atoms with Gasteiger partial charge in [0, 0.05) is 11.0 Å². The molecular weight excluding hydrogens is 210 g/mol. The third-order valence-corrected chi connectivity index (χ3v) is 3.94. The Hall–Kier alpha value is -1.02. The van der Waals surface area contributed by atoms with Crippen molar-refractivity contribution in [3.63, 3.8) is 0 Å². The van der Waals surface area contributed by atoms with Gasteiger partial charge in [0.2, 0.25) is 0 Å². The van der Waals surface area contributed by atoms with E-state index >= 15 is 0 Å². The second-order valence-corrected chi connectivity index (χ2v) is 5.43. The molecule has 94 valence electrons. The van der Waals surface area contributed by atoms with Crippen LogP contribution < -0.4 is 10.5 Å². The molecule has 2 N–H and O–H groups in total. The predicted octanol–water partition coefficient (Wildman–Crippen LogP) is 3.20. The van der Waals surface area contributed by atoms with E-state index in [1.165, 1.54) is 24.0 Å². The van der Waals surface area contributed by atoms with Crippen LogP contribution in [0.5, 0.6) is 5.75 Å². The third-order valence-electron chi connectivity index (χ3n) is 3.94. The average molecular weight is 233 g/mol. The molecule has 0 spiro atoms. The van der Waals surface area contributed by atoms with Crippen LogP contribution in [0.3, 0.4) is 0 Å². The van der Waals surface area contributed by atoms with E-state index in [2.05, 4.69) is 32.0 Å². The van der Waals surface area contributed by atoms with Gasteiger partial charge in [-0.2, -0.15) is 0 Å². The molecule has 1 aromatic carbocycles. The van der Waals surface area contributed by atoms with Crippen molar-refractivity contribution >= 4 is 0 Å². The van der Waals surface area contributed by atoms with Crippen molar-refractivity contribution in [1.82, 2.24) is 0 Å². The first-order valence-corrected chi connectivity index (χ1v) is 6.51. The molecule has 0 amide bonds. The Morgan fingerprint density at radius 2 is 2.06 bits per heavy atom. The van der Waals surface area contributed by atoms with Crippen LogP contribution in [0.15, 0.2) is 18.2 Å². The van der Waals surface area contributed by atoms with Crippen LogP contribution in [-0.2, 0) is 5.41 Å². The topological polar surface area (TPSA) is 35.2 Å². The van der Waals surface area contributed by atoms with Crippen molar-refractivity contribution in [3.05, 3.63) is 29.3 Å². The first-order chi connectivity index (χ1) is 8.13. The van der Waals surface area contributed by atoms with Crippen molar-refractivity contribution in [2.45, 2.75) is 44.4 Å². The Bertz CT molecular complexity index is 394. The van der Waals surface area contributed by atoms with Crippen LogP contribution in [0.1, 0.15) is 50.2 Å². The first kappa shape index (κ1) is 12.4. The zero-order chi connectivity index (χ0) is 12.5. The molecule has 0 aliphatic heterocycles. The van der Waals surface area contributed by atoms with Gasteiger partial charge in [0.15, 0.2) is 0 Å². The molecule has 2 heteroatoms. The van der Waals surface area contributed by atoms with Crippen LogP contribution in [0, 0.1) is 0 Å². The molecule has 0 aromatic heterocycles. The number of hydrogen-bond donors (Lipinski definition) is 1. The van der Waals surface area contributed by atoms with Crippen LogP contribution in [0.2, 0.25) is 0 Å². The first-order valence-electron chi connectivity index (χ1n) is 6.51. The highest BCUT2D eigenvalue weighted by Crippen LogP contribution is 2.54. The molecule has 0 radical (unpaired) electrons. The van der Waals surface area contributed by atoms with Gasteiger partial charge in [0.1, 0.15) is 5.75 Å². The number of rotatable bonds is 5. The number of nitrogens with two attached hydrogens (primary N) is 1. The lowest BCUT2D eigenvalue weighted by Gasteiger charge is -2.20. The Labute approximate surface area is 104 Å². The highest BCUT2D eigenvalue weighted by atomic mass is 16.5. The zero-order valence-corrected chi connectivity index (χ0v) is 11.1. The van der Waals surface area contributed by atoms with Gasteiger partial charge in [-0.15, -0.1) is 0 Å². The zero-order valence-electron chi connectivity index (χ0n) is 11.1. The van der Waals surface area contributed by atoms with E-state index in [-0.39, 0.29) is 0 Å². The monoisotopic (exact) mass is 233 g/mol. The minimum absolute atomic E-state index is 0.311. The highest BCUT2D eigenvalue weighted by Gasteiger charge is 2.45. The number of benzene rings is 1. The maximum Gasteiger partial charge on any atom is 0.122 e. The minimum Gasteiger partial charge on any atom is -0.496 e. The van der Waals surface area contributed by atoms with Crippen LogP contribution >= 0.6 is 0 Å².